The summed E-state index contributed by atoms with van der Waals surface area (Å²) in [7, 11) is 0. The van der Waals surface area contributed by atoms with E-state index >= 15 is 0 Å². The Morgan fingerprint density at radius 2 is 1.58 bits per heavy atom. The summed E-state index contributed by atoms with van der Waals surface area (Å²) in [4.78, 5) is 12.6. The first-order valence-corrected chi connectivity index (χ1v) is 11.6. The number of ether oxygens (including phenoxy) is 1. The van der Waals surface area contributed by atoms with E-state index in [-0.39, 0.29) is 0 Å². The monoisotopic (exact) mass is 416 g/mol. The standard InChI is InChI=1S/C26H32N4O/c1-2-28-11-13-30(14-12-28)26-24-6-4-3-5-23(24)19-25(27-26)22-9-7-21(8-10-22)20-29-15-17-31-18-16-29/h3-10,19H,2,11-18,20H2,1H3. The molecule has 2 fully saturated rings. The maximum absolute atomic E-state index is 5.47. The Hall–Kier alpha value is -2.47. The lowest BCUT2D eigenvalue weighted by molar-refractivity contribution is 0.0342. The van der Waals surface area contributed by atoms with Crippen LogP contribution in [-0.4, -0.2) is 73.8 Å². The van der Waals surface area contributed by atoms with Crippen molar-refractivity contribution in [3.63, 3.8) is 0 Å². The maximum Gasteiger partial charge on any atom is 0.137 e. The fourth-order valence-corrected chi connectivity index (χ4v) is 4.64. The van der Waals surface area contributed by atoms with Crippen molar-refractivity contribution in [2.75, 3.05) is 63.9 Å². The Morgan fingerprint density at radius 1 is 0.839 bits per heavy atom. The Kier molecular flexibility index (Phi) is 6.16. The molecule has 162 valence electrons. The zero-order valence-corrected chi connectivity index (χ0v) is 18.5. The van der Waals surface area contributed by atoms with E-state index in [1.165, 1.54) is 21.9 Å². The summed E-state index contributed by atoms with van der Waals surface area (Å²) in [6.07, 6.45) is 0. The largest absolute Gasteiger partial charge is 0.379 e. The van der Waals surface area contributed by atoms with Crippen molar-refractivity contribution in [2.24, 2.45) is 0 Å². The number of hydrogen-bond donors (Lipinski definition) is 0. The van der Waals surface area contributed by atoms with Gasteiger partial charge < -0.3 is 14.5 Å². The van der Waals surface area contributed by atoms with Crippen LogP contribution in [0.2, 0.25) is 0 Å². The molecule has 5 nitrogen and oxygen atoms in total. The van der Waals surface area contributed by atoms with Gasteiger partial charge in [0.05, 0.1) is 18.9 Å². The maximum atomic E-state index is 5.47. The van der Waals surface area contributed by atoms with E-state index in [9.17, 15) is 0 Å². The van der Waals surface area contributed by atoms with E-state index < -0.39 is 0 Å². The van der Waals surface area contributed by atoms with Crippen LogP contribution in [0.1, 0.15) is 12.5 Å². The average Bonchev–Trinajstić information content (AvgIpc) is 2.84. The molecule has 0 amide bonds. The van der Waals surface area contributed by atoms with Gasteiger partial charge in [-0.2, -0.15) is 0 Å². The average molecular weight is 417 g/mol. The van der Waals surface area contributed by atoms with E-state index in [2.05, 4.69) is 76.2 Å². The molecule has 0 saturated carbocycles. The summed E-state index contributed by atoms with van der Waals surface area (Å²) < 4.78 is 5.47. The quantitative estimate of drug-likeness (QED) is 0.630. The van der Waals surface area contributed by atoms with E-state index in [0.29, 0.717) is 0 Å². The third kappa shape index (κ3) is 4.59. The summed E-state index contributed by atoms with van der Waals surface area (Å²) in [6.45, 7) is 12.3. The number of morpholine rings is 1. The lowest BCUT2D eigenvalue weighted by atomic mass is 10.0. The van der Waals surface area contributed by atoms with Gasteiger partial charge in [-0.15, -0.1) is 0 Å². The van der Waals surface area contributed by atoms with Gasteiger partial charge in [0.15, 0.2) is 0 Å². The molecule has 0 aliphatic carbocycles. The summed E-state index contributed by atoms with van der Waals surface area (Å²) in [6, 6.07) is 19.8. The Bertz CT molecular complexity index is 1010. The minimum absolute atomic E-state index is 0.842. The van der Waals surface area contributed by atoms with E-state index in [1.54, 1.807) is 0 Å². The number of piperazine rings is 1. The van der Waals surface area contributed by atoms with Gasteiger partial charge in [0.1, 0.15) is 5.82 Å². The predicted molar refractivity (Wildman–Crippen MR) is 128 cm³/mol. The lowest BCUT2D eigenvalue weighted by Crippen LogP contribution is -2.46. The van der Waals surface area contributed by atoms with Crippen LogP contribution >= 0.6 is 0 Å². The Labute approximate surface area is 185 Å². The summed E-state index contributed by atoms with van der Waals surface area (Å²) in [5.41, 5.74) is 3.59. The van der Waals surface area contributed by atoms with Crippen molar-refractivity contribution in [1.82, 2.24) is 14.8 Å². The summed E-state index contributed by atoms with van der Waals surface area (Å²) in [5.74, 6) is 1.13. The molecule has 0 N–H and O–H groups in total. The molecule has 0 radical (unpaired) electrons. The molecule has 0 unspecified atom stereocenters. The van der Waals surface area contributed by atoms with Gasteiger partial charge in [-0.25, -0.2) is 4.98 Å². The highest BCUT2D eigenvalue weighted by Crippen LogP contribution is 2.31. The second-order valence-corrected chi connectivity index (χ2v) is 8.56. The van der Waals surface area contributed by atoms with Gasteiger partial charge in [0.2, 0.25) is 0 Å². The summed E-state index contributed by atoms with van der Waals surface area (Å²) in [5, 5.41) is 2.51. The van der Waals surface area contributed by atoms with Crippen molar-refractivity contribution in [1.29, 1.82) is 0 Å². The van der Waals surface area contributed by atoms with Crippen molar-refractivity contribution in [3.8, 4) is 11.3 Å². The minimum atomic E-state index is 0.842. The zero-order chi connectivity index (χ0) is 21.0. The van der Waals surface area contributed by atoms with Crippen molar-refractivity contribution in [2.45, 2.75) is 13.5 Å². The molecule has 3 aromatic rings. The second kappa shape index (κ2) is 9.35. The predicted octanol–water partition coefficient (Wildman–Crippen LogP) is 3.88. The number of benzene rings is 2. The van der Waals surface area contributed by atoms with Crippen LogP contribution in [0.4, 0.5) is 5.82 Å². The van der Waals surface area contributed by atoms with Gasteiger partial charge in [-0.3, -0.25) is 4.90 Å². The van der Waals surface area contributed by atoms with Crippen molar-refractivity contribution in [3.05, 3.63) is 60.2 Å². The smallest absolute Gasteiger partial charge is 0.137 e. The highest BCUT2D eigenvalue weighted by atomic mass is 16.5. The number of hydrogen-bond acceptors (Lipinski definition) is 5. The van der Waals surface area contributed by atoms with Gasteiger partial charge >= 0.3 is 0 Å². The zero-order valence-electron chi connectivity index (χ0n) is 18.5. The number of likely N-dealkylation sites (N-methyl/N-ethyl adjacent to an activating group) is 1. The van der Waals surface area contributed by atoms with Crippen LogP contribution in [0.3, 0.4) is 0 Å². The molecule has 0 atom stereocenters. The van der Waals surface area contributed by atoms with Gasteiger partial charge in [-0.1, -0.05) is 55.5 Å². The molecule has 0 bridgehead atoms. The summed E-state index contributed by atoms with van der Waals surface area (Å²) >= 11 is 0. The van der Waals surface area contributed by atoms with Crippen LogP contribution in [-0.2, 0) is 11.3 Å². The minimum Gasteiger partial charge on any atom is -0.379 e. The van der Waals surface area contributed by atoms with Gasteiger partial charge in [0.25, 0.3) is 0 Å². The fourth-order valence-electron chi connectivity index (χ4n) is 4.64. The molecule has 2 aromatic carbocycles. The number of fused-ring (bicyclic) bond motifs is 1. The SMILES string of the molecule is CCN1CCN(c2nc(-c3ccc(CN4CCOCC4)cc3)cc3ccccc23)CC1. The Balaban J connectivity index is 1.42. The number of anilines is 1. The van der Waals surface area contributed by atoms with E-state index in [0.717, 1.165) is 77.1 Å². The van der Waals surface area contributed by atoms with Crippen LogP contribution in [0.15, 0.2) is 54.6 Å². The molecule has 31 heavy (non-hydrogen) atoms. The molecule has 5 rings (SSSR count). The van der Waals surface area contributed by atoms with E-state index in [4.69, 9.17) is 9.72 Å². The fraction of sp³-hybridized carbons (Fsp3) is 0.423. The lowest BCUT2D eigenvalue weighted by Gasteiger charge is -2.35. The molecule has 2 aliphatic rings. The molecule has 5 heteroatoms. The first-order chi connectivity index (χ1) is 15.3. The van der Waals surface area contributed by atoms with Crippen LogP contribution < -0.4 is 4.90 Å². The normalized spacial score (nSPS) is 18.5. The van der Waals surface area contributed by atoms with Crippen molar-refractivity contribution >= 4 is 16.6 Å². The van der Waals surface area contributed by atoms with Crippen molar-refractivity contribution < 1.29 is 4.74 Å². The number of rotatable bonds is 5. The number of pyridine rings is 1. The third-order valence-electron chi connectivity index (χ3n) is 6.60. The van der Waals surface area contributed by atoms with Crippen LogP contribution in [0, 0.1) is 0 Å². The van der Waals surface area contributed by atoms with Crippen LogP contribution in [0.5, 0.6) is 0 Å². The topological polar surface area (TPSA) is 31.8 Å². The molecular formula is C26H32N4O. The molecule has 0 spiro atoms. The third-order valence-corrected chi connectivity index (χ3v) is 6.60. The molecule has 2 aliphatic heterocycles. The van der Waals surface area contributed by atoms with Gasteiger partial charge in [-0.05, 0) is 23.6 Å². The Morgan fingerprint density at radius 3 is 2.32 bits per heavy atom. The highest BCUT2D eigenvalue weighted by Gasteiger charge is 2.20. The second-order valence-electron chi connectivity index (χ2n) is 8.56. The number of aromatic nitrogens is 1. The molecular weight excluding hydrogens is 384 g/mol. The first-order valence-electron chi connectivity index (χ1n) is 11.6. The van der Waals surface area contributed by atoms with Gasteiger partial charge in [0, 0.05) is 56.8 Å². The van der Waals surface area contributed by atoms with Crippen LogP contribution in [0.25, 0.3) is 22.0 Å². The molecule has 3 heterocycles. The highest BCUT2D eigenvalue weighted by molar-refractivity contribution is 5.95. The van der Waals surface area contributed by atoms with E-state index in [1.807, 2.05) is 0 Å². The molecule has 1 aromatic heterocycles. The number of nitrogens with zero attached hydrogens (tertiary/aromatic N) is 4. The molecule has 2 saturated heterocycles. The first kappa shape index (κ1) is 20.4.